The van der Waals surface area contributed by atoms with Gasteiger partial charge in [0.15, 0.2) is 0 Å². The summed E-state index contributed by atoms with van der Waals surface area (Å²) in [4.78, 5) is 23.7. The van der Waals surface area contributed by atoms with Crippen LogP contribution >= 0.6 is 0 Å². The lowest BCUT2D eigenvalue weighted by Crippen LogP contribution is -2.39. The number of carbonyl (C=O) groups is 2. The van der Waals surface area contributed by atoms with Crippen molar-refractivity contribution in [3.05, 3.63) is 59.7 Å². The van der Waals surface area contributed by atoms with Crippen LogP contribution in [-0.2, 0) is 10.2 Å². The number of nitrogens with one attached hydrogen (secondary N) is 2. The molecule has 6 heteroatoms. The molecule has 0 fully saturated rings. The molecule has 2 amide bonds. The first kappa shape index (κ1) is 19.3. The Kier molecular flexibility index (Phi) is 6.22. The van der Waals surface area contributed by atoms with Crippen LogP contribution in [0.1, 0.15) is 29.8 Å². The van der Waals surface area contributed by atoms with Crippen molar-refractivity contribution in [1.82, 2.24) is 5.32 Å². The Morgan fingerprint density at radius 3 is 2.35 bits per heavy atom. The average Bonchev–Trinajstić information content (AvgIpc) is 2.66. The summed E-state index contributed by atoms with van der Waals surface area (Å²) in [5.41, 5.74) is 1.74. The van der Waals surface area contributed by atoms with Gasteiger partial charge in [0.25, 0.3) is 0 Å². The summed E-state index contributed by atoms with van der Waals surface area (Å²) in [7, 11) is 2.94. The predicted octanol–water partition coefficient (Wildman–Crippen LogP) is 3.58. The molecule has 2 aromatic carbocycles. The second kappa shape index (κ2) is 8.38. The molecule has 2 aromatic rings. The maximum atomic E-state index is 12.2. The van der Waals surface area contributed by atoms with Gasteiger partial charge < -0.3 is 20.1 Å². The molecule has 0 atom stereocenters. The first-order valence-electron chi connectivity index (χ1n) is 8.23. The number of urea groups is 1. The standard InChI is InChI=1S/C20H24N2O4/c1-20(2,15-8-10-17(25-3)11-9-15)13-21-19(24)22-16-7-5-6-14(12-16)18(23)26-4/h5-12H,13H2,1-4H3,(H2,21,22,24). The molecule has 0 saturated heterocycles. The van der Waals surface area contributed by atoms with Gasteiger partial charge in [-0.1, -0.05) is 32.0 Å². The van der Waals surface area contributed by atoms with Crippen molar-refractivity contribution in [3.8, 4) is 5.75 Å². The third-order valence-corrected chi connectivity index (χ3v) is 4.10. The van der Waals surface area contributed by atoms with Gasteiger partial charge in [0.1, 0.15) is 5.75 Å². The van der Waals surface area contributed by atoms with Crippen LogP contribution in [0.2, 0.25) is 0 Å². The summed E-state index contributed by atoms with van der Waals surface area (Å²) < 4.78 is 9.85. The number of rotatable bonds is 6. The lowest BCUT2D eigenvalue weighted by Gasteiger charge is -2.26. The first-order valence-corrected chi connectivity index (χ1v) is 8.23. The zero-order valence-electron chi connectivity index (χ0n) is 15.5. The van der Waals surface area contributed by atoms with Crippen LogP contribution in [0.3, 0.4) is 0 Å². The van der Waals surface area contributed by atoms with Gasteiger partial charge in [0, 0.05) is 17.6 Å². The second-order valence-electron chi connectivity index (χ2n) is 6.49. The van der Waals surface area contributed by atoms with Crippen molar-refractivity contribution in [2.45, 2.75) is 19.3 Å². The molecule has 2 rings (SSSR count). The van der Waals surface area contributed by atoms with Gasteiger partial charge in [-0.05, 0) is 35.9 Å². The Morgan fingerprint density at radius 2 is 1.73 bits per heavy atom. The molecular weight excluding hydrogens is 332 g/mol. The Hall–Kier alpha value is -3.02. The van der Waals surface area contributed by atoms with Crippen LogP contribution in [0.15, 0.2) is 48.5 Å². The molecule has 0 saturated carbocycles. The number of esters is 1. The number of benzene rings is 2. The summed E-state index contributed by atoms with van der Waals surface area (Å²) in [6, 6.07) is 14.0. The summed E-state index contributed by atoms with van der Waals surface area (Å²) in [6.45, 7) is 4.54. The SMILES string of the molecule is COC(=O)c1cccc(NC(=O)NCC(C)(C)c2ccc(OC)cc2)c1. The molecule has 0 spiro atoms. The number of anilines is 1. The smallest absolute Gasteiger partial charge is 0.337 e. The molecule has 0 heterocycles. The highest BCUT2D eigenvalue weighted by Crippen LogP contribution is 2.24. The molecule has 0 aliphatic carbocycles. The van der Waals surface area contributed by atoms with E-state index in [0.29, 0.717) is 17.8 Å². The van der Waals surface area contributed by atoms with E-state index in [0.717, 1.165) is 11.3 Å². The number of ether oxygens (including phenoxy) is 2. The summed E-state index contributed by atoms with van der Waals surface area (Å²) in [6.07, 6.45) is 0. The van der Waals surface area contributed by atoms with Crippen LogP contribution < -0.4 is 15.4 Å². The molecule has 0 aliphatic heterocycles. The topological polar surface area (TPSA) is 76.7 Å². The average molecular weight is 356 g/mol. The van der Waals surface area contributed by atoms with E-state index in [4.69, 9.17) is 4.74 Å². The summed E-state index contributed by atoms with van der Waals surface area (Å²) >= 11 is 0. The molecule has 6 nitrogen and oxygen atoms in total. The van der Waals surface area contributed by atoms with Crippen LogP contribution in [0, 0.1) is 0 Å². The van der Waals surface area contributed by atoms with E-state index >= 15 is 0 Å². The Balaban J connectivity index is 1.96. The highest BCUT2D eigenvalue weighted by Gasteiger charge is 2.21. The number of hydrogen-bond acceptors (Lipinski definition) is 4. The predicted molar refractivity (Wildman–Crippen MR) is 101 cm³/mol. The number of amides is 2. The molecule has 138 valence electrons. The van der Waals surface area contributed by atoms with Crippen LogP contribution in [0.4, 0.5) is 10.5 Å². The second-order valence-corrected chi connectivity index (χ2v) is 6.49. The zero-order chi connectivity index (χ0) is 19.2. The Bertz CT molecular complexity index is 770. The van der Waals surface area contributed by atoms with Gasteiger partial charge >= 0.3 is 12.0 Å². The van der Waals surface area contributed by atoms with Crippen molar-refractivity contribution in [2.75, 3.05) is 26.1 Å². The van der Waals surface area contributed by atoms with E-state index in [9.17, 15) is 9.59 Å². The molecule has 0 aromatic heterocycles. The molecule has 26 heavy (non-hydrogen) atoms. The largest absolute Gasteiger partial charge is 0.497 e. The quantitative estimate of drug-likeness (QED) is 0.776. The zero-order valence-corrected chi connectivity index (χ0v) is 15.5. The molecule has 0 radical (unpaired) electrons. The first-order chi connectivity index (χ1) is 12.4. The molecular formula is C20H24N2O4. The minimum atomic E-state index is -0.449. The molecule has 0 bridgehead atoms. The van der Waals surface area contributed by atoms with Gasteiger partial charge in [0.2, 0.25) is 0 Å². The number of carbonyl (C=O) groups excluding carboxylic acids is 2. The van der Waals surface area contributed by atoms with E-state index in [-0.39, 0.29) is 11.4 Å². The van der Waals surface area contributed by atoms with Gasteiger partial charge in [-0.25, -0.2) is 9.59 Å². The van der Waals surface area contributed by atoms with Crippen molar-refractivity contribution in [2.24, 2.45) is 0 Å². The summed E-state index contributed by atoms with van der Waals surface area (Å²) in [5, 5.41) is 5.59. The van der Waals surface area contributed by atoms with Crippen molar-refractivity contribution in [3.63, 3.8) is 0 Å². The fourth-order valence-electron chi connectivity index (χ4n) is 2.46. The van der Waals surface area contributed by atoms with Gasteiger partial charge in [-0.15, -0.1) is 0 Å². The van der Waals surface area contributed by atoms with Crippen molar-refractivity contribution < 1.29 is 19.1 Å². The fourth-order valence-corrected chi connectivity index (χ4v) is 2.46. The van der Waals surface area contributed by atoms with Crippen LogP contribution in [-0.4, -0.2) is 32.8 Å². The van der Waals surface area contributed by atoms with E-state index in [2.05, 4.69) is 15.4 Å². The highest BCUT2D eigenvalue weighted by atomic mass is 16.5. The van der Waals surface area contributed by atoms with Gasteiger partial charge in [-0.2, -0.15) is 0 Å². The van der Waals surface area contributed by atoms with E-state index in [1.54, 1.807) is 31.4 Å². The lowest BCUT2D eigenvalue weighted by molar-refractivity contribution is 0.0600. The Morgan fingerprint density at radius 1 is 1.04 bits per heavy atom. The third-order valence-electron chi connectivity index (χ3n) is 4.10. The van der Waals surface area contributed by atoms with Crippen LogP contribution in [0.5, 0.6) is 5.75 Å². The van der Waals surface area contributed by atoms with E-state index < -0.39 is 5.97 Å². The number of hydrogen-bond donors (Lipinski definition) is 2. The Labute approximate surface area is 153 Å². The minimum absolute atomic E-state index is 0.253. The third kappa shape index (κ3) is 4.99. The van der Waals surface area contributed by atoms with Gasteiger partial charge in [-0.3, -0.25) is 0 Å². The normalized spacial score (nSPS) is 10.8. The maximum Gasteiger partial charge on any atom is 0.337 e. The minimum Gasteiger partial charge on any atom is -0.497 e. The van der Waals surface area contributed by atoms with E-state index in [1.807, 2.05) is 38.1 Å². The van der Waals surface area contributed by atoms with Crippen LogP contribution in [0.25, 0.3) is 0 Å². The maximum absolute atomic E-state index is 12.2. The van der Waals surface area contributed by atoms with Crippen molar-refractivity contribution in [1.29, 1.82) is 0 Å². The molecule has 0 unspecified atom stereocenters. The lowest BCUT2D eigenvalue weighted by atomic mass is 9.84. The monoisotopic (exact) mass is 356 g/mol. The van der Waals surface area contributed by atoms with E-state index in [1.165, 1.54) is 7.11 Å². The number of methoxy groups -OCH3 is 2. The van der Waals surface area contributed by atoms with Gasteiger partial charge in [0.05, 0.1) is 19.8 Å². The fraction of sp³-hybridized carbons (Fsp3) is 0.300. The summed E-state index contributed by atoms with van der Waals surface area (Å²) in [5.74, 6) is 0.343. The molecule has 0 aliphatic rings. The van der Waals surface area contributed by atoms with Crippen molar-refractivity contribution >= 4 is 17.7 Å². The highest BCUT2D eigenvalue weighted by molar-refractivity contribution is 5.93. The molecule has 2 N–H and O–H groups in total.